The summed E-state index contributed by atoms with van der Waals surface area (Å²) in [6.07, 6.45) is 2.12. The Morgan fingerprint density at radius 2 is 1.96 bits per heavy atom. The van der Waals surface area contributed by atoms with Crippen molar-refractivity contribution in [3.8, 4) is 0 Å². The molecular weight excluding hydrogens is 346 g/mol. The summed E-state index contributed by atoms with van der Waals surface area (Å²) >= 11 is 0. The van der Waals surface area contributed by atoms with Gasteiger partial charge in [0.15, 0.2) is 0 Å². The Kier molecular flexibility index (Phi) is 6.16. The maximum absolute atomic E-state index is 12.5. The molecule has 1 heterocycles. The fourth-order valence-corrected chi connectivity index (χ4v) is 3.94. The Hall–Kier alpha value is -2.39. The molecule has 0 saturated carbocycles. The minimum absolute atomic E-state index is 0.0838. The number of nitro benzene ring substituents is 1. The number of furan rings is 1. The van der Waals surface area contributed by atoms with Gasteiger partial charge in [0, 0.05) is 32.1 Å². The molecule has 0 fully saturated rings. The fraction of sp³-hybridized carbons (Fsp3) is 0.375. The number of nitrogens with zero attached hydrogens (tertiary/aromatic N) is 2. The second kappa shape index (κ2) is 8.13. The first-order valence-corrected chi connectivity index (χ1v) is 9.39. The van der Waals surface area contributed by atoms with Gasteiger partial charge < -0.3 is 9.73 Å². The first-order chi connectivity index (χ1) is 11.9. The van der Waals surface area contributed by atoms with Gasteiger partial charge in [0.25, 0.3) is 5.69 Å². The maximum atomic E-state index is 12.5. The molecule has 1 N–H and O–H groups in total. The molecule has 0 saturated heterocycles. The molecule has 2 rings (SSSR count). The minimum Gasteiger partial charge on any atom is -0.469 e. The number of benzene rings is 1. The van der Waals surface area contributed by atoms with Crippen molar-refractivity contribution >= 4 is 21.4 Å². The molecular formula is C16H21N3O5S. The molecule has 0 amide bonds. The second-order valence-electron chi connectivity index (χ2n) is 5.28. The van der Waals surface area contributed by atoms with E-state index in [1.54, 1.807) is 26.2 Å². The van der Waals surface area contributed by atoms with Gasteiger partial charge in [-0.1, -0.05) is 13.8 Å². The van der Waals surface area contributed by atoms with Crippen molar-refractivity contribution in [1.29, 1.82) is 0 Å². The lowest BCUT2D eigenvalue weighted by Gasteiger charge is -2.18. The lowest BCUT2D eigenvalue weighted by Crippen LogP contribution is -2.30. The molecule has 0 aliphatic rings. The van der Waals surface area contributed by atoms with Crippen LogP contribution < -0.4 is 5.32 Å². The number of nitrogens with one attached hydrogen (secondary N) is 1. The number of hydrogen-bond donors (Lipinski definition) is 1. The highest BCUT2D eigenvalue weighted by Crippen LogP contribution is 2.29. The summed E-state index contributed by atoms with van der Waals surface area (Å²) < 4.78 is 31.5. The summed E-state index contributed by atoms with van der Waals surface area (Å²) in [4.78, 5) is 10.7. The van der Waals surface area contributed by atoms with Crippen molar-refractivity contribution in [3.05, 3.63) is 52.5 Å². The normalized spacial score (nSPS) is 11.6. The number of anilines is 1. The smallest absolute Gasteiger partial charge is 0.293 e. The van der Waals surface area contributed by atoms with Crippen LogP contribution in [0.2, 0.25) is 0 Å². The van der Waals surface area contributed by atoms with E-state index in [4.69, 9.17) is 4.42 Å². The van der Waals surface area contributed by atoms with Gasteiger partial charge in [-0.3, -0.25) is 10.1 Å². The van der Waals surface area contributed by atoms with Gasteiger partial charge >= 0.3 is 0 Å². The van der Waals surface area contributed by atoms with Crippen LogP contribution >= 0.6 is 0 Å². The Balaban J connectivity index is 2.23. The summed E-state index contributed by atoms with van der Waals surface area (Å²) in [5.74, 6) is 0.760. The molecule has 1 aromatic carbocycles. The van der Waals surface area contributed by atoms with E-state index in [1.165, 1.54) is 16.4 Å². The molecule has 0 aliphatic carbocycles. The highest BCUT2D eigenvalue weighted by molar-refractivity contribution is 7.89. The molecule has 25 heavy (non-hydrogen) atoms. The zero-order valence-corrected chi connectivity index (χ0v) is 15.0. The molecule has 0 radical (unpaired) electrons. The first-order valence-electron chi connectivity index (χ1n) is 7.95. The number of hydrogen-bond acceptors (Lipinski definition) is 6. The van der Waals surface area contributed by atoms with Gasteiger partial charge in [0.1, 0.15) is 11.4 Å². The van der Waals surface area contributed by atoms with Crippen LogP contribution in [0.1, 0.15) is 19.6 Å². The van der Waals surface area contributed by atoms with Crippen molar-refractivity contribution in [1.82, 2.24) is 4.31 Å². The van der Waals surface area contributed by atoms with Crippen molar-refractivity contribution in [3.63, 3.8) is 0 Å². The first kappa shape index (κ1) is 18.9. The van der Waals surface area contributed by atoms with E-state index in [2.05, 4.69) is 5.32 Å². The molecule has 0 spiro atoms. The molecule has 0 aliphatic heterocycles. The van der Waals surface area contributed by atoms with Gasteiger partial charge in [-0.2, -0.15) is 4.31 Å². The summed E-state index contributed by atoms with van der Waals surface area (Å²) in [6.45, 7) is 4.47. The van der Waals surface area contributed by atoms with E-state index in [1.807, 2.05) is 6.07 Å². The van der Waals surface area contributed by atoms with Crippen LogP contribution in [0.15, 0.2) is 45.9 Å². The van der Waals surface area contributed by atoms with Gasteiger partial charge in [-0.25, -0.2) is 8.42 Å². The molecule has 136 valence electrons. The van der Waals surface area contributed by atoms with E-state index in [-0.39, 0.29) is 16.3 Å². The lowest BCUT2D eigenvalue weighted by atomic mass is 10.2. The minimum atomic E-state index is -3.74. The molecule has 8 nitrogen and oxygen atoms in total. The van der Waals surface area contributed by atoms with Gasteiger partial charge in [-0.15, -0.1) is 0 Å². The largest absolute Gasteiger partial charge is 0.469 e. The molecule has 9 heteroatoms. The predicted octanol–water partition coefficient (Wildman–Crippen LogP) is 2.87. The number of rotatable bonds is 9. The van der Waals surface area contributed by atoms with E-state index in [0.717, 1.165) is 11.8 Å². The predicted molar refractivity (Wildman–Crippen MR) is 94.1 cm³/mol. The average molecular weight is 367 g/mol. The maximum Gasteiger partial charge on any atom is 0.293 e. The topological polar surface area (TPSA) is 106 Å². The van der Waals surface area contributed by atoms with Crippen LogP contribution in [0.4, 0.5) is 11.4 Å². The van der Waals surface area contributed by atoms with E-state index >= 15 is 0 Å². The van der Waals surface area contributed by atoms with Crippen LogP contribution in [-0.2, 0) is 16.4 Å². The highest BCUT2D eigenvalue weighted by Gasteiger charge is 2.25. The average Bonchev–Trinajstić information content (AvgIpc) is 3.09. The summed E-state index contributed by atoms with van der Waals surface area (Å²) in [6, 6.07) is 7.50. The van der Waals surface area contributed by atoms with Crippen molar-refractivity contribution < 1.29 is 17.8 Å². The monoisotopic (exact) mass is 367 g/mol. The van der Waals surface area contributed by atoms with Gasteiger partial charge in [0.05, 0.1) is 16.1 Å². The molecule has 2 aromatic rings. The van der Waals surface area contributed by atoms with Gasteiger partial charge in [-0.05, 0) is 24.3 Å². The van der Waals surface area contributed by atoms with E-state index in [9.17, 15) is 18.5 Å². The van der Waals surface area contributed by atoms with Crippen molar-refractivity contribution in [2.45, 2.75) is 25.2 Å². The highest BCUT2D eigenvalue weighted by atomic mass is 32.2. The van der Waals surface area contributed by atoms with Crippen LogP contribution in [-0.4, -0.2) is 37.3 Å². The zero-order chi connectivity index (χ0) is 18.4. The molecule has 0 unspecified atom stereocenters. The Morgan fingerprint density at radius 1 is 1.24 bits per heavy atom. The lowest BCUT2D eigenvalue weighted by molar-refractivity contribution is -0.384. The van der Waals surface area contributed by atoms with Crippen LogP contribution in [0.3, 0.4) is 0 Å². The Morgan fingerprint density at radius 3 is 2.52 bits per heavy atom. The molecule has 1 aromatic heterocycles. The van der Waals surface area contributed by atoms with Crippen LogP contribution in [0, 0.1) is 10.1 Å². The van der Waals surface area contributed by atoms with E-state index < -0.39 is 14.9 Å². The fourth-order valence-electron chi connectivity index (χ4n) is 2.46. The van der Waals surface area contributed by atoms with Crippen LogP contribution in [0.5, 0.6) is 0 Å². The Bertz CT molecular complexity index is 814. The number of sulfonamides is 1. The van der Waals surface area contributed by atoms with Crippen molar-refractivity contribution in [2.75, 3.05) is 25.0 Å². The summed E-state index contributed by atoms with van der Waals surface area (Å²) in [5, 5.41) is 14.3. The third-order valence-electron chi connectivity index (χ3n) is 3.78. The third-order valence-corrected chi connectivity index (χ3v) is 5.82. The van der Waals surface area contributed by atoms with E-state index in [0.29, 0.717) is 26.1 Å². The molecule has 0 bridgehead atoms. The number of nitro groups is 1. The van der Waals surface area contributed by atoms with Crippen LogP contribution in [0.25, 0.3) is 0 Å². The zero-order valence-electron chi connectivity index (χ0n) is 14.1. The molecule has 0 atom stereocenters. The quantitative estimate of drug-likeness (QED) is 0.539. The second-order valence-corrected chi connectivity index (χ2v) is 7.22. The van der Waals surface area contributed by atoms with Crippen molar-refractivity contribution in [2.24, 2.45) is 0 Å². The summed E-state index contributed by atoms with van der Waals surface area (Å²) in [7, 11) is -3.74. The van der Waals surface area contributed by atoms with Gasteiger partial charge in [0.2, 0.25) is 10.0 Å². The SMILES string of the molecule is CCN(CC)S(=O)(=O)c1ccc(NCCc2ccco2)c([N+](=O)[O-])c1. The Labute approximate surface area is 146 Å². The standard InChI is InChI=1S/C16H21N3O5S/c1-3-18(4-2)25(22,23)14-7-8-15(16(12-14)19(20)21)17-10-9-13-6-5-11-24-13/h5-8,11-12,17H,3-4,9-10H2,1-2H3. The summed E-state index contributed by atoms with van der Waals surface area (Å²) in [5.41, 5.74) is 0.00253. The third kappa shape index (κ3) is 4.37.